The van der Waals surface area contributed by atoms with Gasteiger partial charge in [-0.05, 0) is 48.6 Å². The molecule has 0 bridgehead atoms. The van der Waals surface area contributed by atoms with E-state index in [1.54, 1.807) is 17.5 Å². The van der Waals surface area contributed by atoms with E-state index >= 15 is 0 Å². The lowest BCUT2D eigenvalue weighted by molar-refractivity contribution is 0.797. The number of nitrogens with one attached hydrogen (secondary N) is 2. The molecule has 2 N–H and O–H groups in total. The van der Waals surface area contributed by atoms with Crippen molar-refractivity contribution in [2.75, 3.05) is 19.6 Å². The lowest BCUT2D eigenvalue weighted by Crippen LogP contribution is -2.38. The van der Waals surface area contributed by atoms with Crippen LogP contribution in [0.4, 0.5) is 0 Å². The number of guanidine groups is 1. The minimum atomic E-state index is 0.800. The van der Waals surface area contributed by atoms with Gasteiger partial charge in [-0.1, -0.05) is 18.2 Å². The third-order valence-corrected chi connectivity index (χ3v) is 4.90. The molecule has 0 unspecified atom stereocenters. The van der Waals surface area contributed by atoms with Crippen molar-refractivity contribution in [3.8, 4) is 5.69 Å². The van der Waals surface area contributed by atoms with Crippen LogP contribution in [0, 0.1) is 0 Å². The molecule has 3 rings (SSSR count). The summed E-state index contributed by atoms with van der Waals surface area (Å²) >= 11 is 1.79. The molecular formula is C20H25N5S. The molecule has 5 nitrogen and oxygen atoms in total. The molecule has 0 aliphatic heterocycles. The van der Waals surface area contributed by atoms with Gasteiger partial charge in [0.1, 0.15) is 0 Å². The number of hydrogen-bond donors (Lipinski definition) is 2. The summed E-state index contributed by atoms with van der Waals surface area (Å²) in [5.74, 6) is 0.886. The summed E-state index contributed by atoms with van der Waals surface area (Å²) in [4.78, 5) is 6.03. The molecule has 0 aliphatic rings. The average molecular weight is 368 g/mol. The van der Waals surface area contributed by atoms with Gasteiger partial charge in [-0.15, -0.1) is 11.3 Å². The first kappa shape index (κ1) is 18.2. The van der Waals surface area contributed by atoms with Crippen LogP contribution < -0.4 is 10.6 Å². The molecule has 0 atom stereocenters. The van der Waals surface area contributed by atoms with Crippen LogP contribution in [0.3, 0.4) is 0 Å². The molecule has 2 heterocycles. The third kappa shape index (κ3) is 5.46. The molecule has 26 heavy (non-hydrogen) atoms. The topological polar surface area (TPSA) is 54.2 Å². The van der Waals surface area contributed by atoms with Crippen LogP contribution in [0.5, 0.6) is 0 Å². The molecule has 0 spiro atoms. The summed E-state index contributed by atoms with van der Waals surface area (Å²) in [7, 11) is 0. The van der Waals surface area contributed by atoms with E-state index in [0.29, 0.717) is 0 Å². The molecule has 0 radical (unpaired) electrons. The zero-order valence-corrected chi connectivity index (χ0v) is 15.9. The Morgan fingerprint density at radius 2 is 2.00 bits per heavy atom. The van der Waals surface area contributed by atoms with Gasteiger partial charge in [0.05, 0.1) is 5.69 Å². The summed E-state index contributed by atoms with van der Waals surface area (Å²) in [5.41, 5.74) is 2.37. The van der Waals surface area contributed by atoms with Gasteiger partial charge in [0.2, 0.25) is 0 Å². The lowest BCUT2D eigenvalue weighted by atomic mass is 10.1. The summed E-state index contributed by atoms with van der Waals surface area (Å²) in [6.45, 7) is 4.61. The first-order chi connectivity index (χ1) is 12.8. The normalized spacial score (nSPS) is 11.5. The van der Waals surface area contributed by atoms with Crippen LogP contribution in [0.15, 0.2) is 65.2 Å². The molecule has 0 fully saturated rings. The minimum absolute atomic E-state index is 0.800. The Hall–Kier alpha value is -2.60. The van der Waals surface area contributed by atoms with Crippen molar-refractivity contribution < 1.29 is 0 Å². The Balaban J connectivity index is 1.46. The van der Waals surface area contributed by atoms with Crippen molar-refractivity contribution in [3.63, 3.8) is 0 Å². The number of aromatic nitrogens is 2. The Bertz CT molecular complexity index is 776. The zero-order chi connectivity index (χ0) is 18.0. The van der Waals surface area contributed by atoms with E-state index in [-0.39, 0.29) is 0 Å². The molecule has 1 aromatic carbocycles. The fourth-order valence-electron chi connectivity index (χ4n) is 2.64. The van der Waals surface area contributed by atoms with E-state index in [1.807, 2.05) is 16.9 Å². The van der Waals surface area contributed by atoms with Gasteiger partial charge < -0.3 is 10.6 Å². The molecule has 136 valence electrons. The van der Waals surface area contributed by atoms with Crippen LogP contribution in [0.25, 0.3) is 5.69 Å². The zero-order valence-electron chi connectivity index (χ0n) is 15.1. The smallest absolute Gasteiger partial charge is 0.191 e. The highest BCUT2D eigenvalue weighted by molar-refractivity contribution is 7.09. The summed E-state index contributed by atoms with van der Waals surface area (Å²) in [5, 5.41) is 13.1. The second-order valence-corrected chi connectivity index (χ2v) is 6.92. The Morgan fingerprint density at radius 3 is 2.69 bits per heavy atom. The number of benzene rings is 1. The predicted molar refractivity (Wildman–Crippen MR) is 109 cm³/mol. The van der Waals surface area contributed by atoms with Crippen molar-refractivity contribution >= 4 is 17.3 Å². The minimum Gasteiger partial charge on any atom is -0.357 e. The fraction of sp³-hybridized carbons (Fsp3) is 0.300. The summed E-state index contributed by atoms with van der Waals surface area (Å²) < 4.78 is 1.87. The fourth-order valence-corrected chi connectivity index (χ4v) is 3.33. The van der Waals surface area contributed by atoms with Gasteiger partial charge in [-0.2, -0.15) is 5.10 Å². The van der Waals surface area contributed by atoms with Crippen LogP contribution in [-0.4, -0.2) is 35.4 Å². The van der Waals surface area contributed by atoms with E-state index in [1.165, 1.54) is 10.4 Å². The van der Waals surface area contributed by atoms with Crippen molar-refractivity contribution in [2.45, 2.75) is 19.8 Å². The maximum Gasteiger partial charge on any atom is 0.191 e. The molecule has 0 amide bonds. The van der Waals surface area contributed by atoms with Gasteiger partial charge in [-0.3, -0.25) is 4.99 Å². The Kier molecular flexibility index (Phi) is 6.84. The van der Waals surface area contributed by atoms with E-state index in [4.69, 9.17) is 0 Å². The maximum atomic E-state index is 4.66. The summed E-state index contributed by atoms with van der Waals surface area (Å²) in [6, 6.07) is 14.7. The molecule has 6 heteroatoms. The van der Waals surface area contributed by atoms with Crippen LogP contribution >= 0.6 is 11.3 Å². The average Bonchev–Trinajstić information content (AvgIpc) is 3.36. The van der Waals surface area contributed by atoms with Crippen LogP contribution in [0.2, 0.25) is 0 Å². The number of hydrogen-bond acceptors (Lipinski definition) is 3. The molecule has 3 aromatic rings. The van der Waals surface area contributed by atoms with Crippen LogP contribution in [0.1, 0.15) is 17.4 Å². The second-order valence-electron chi connectivity index (χ2n) is 5.88. The van der Waals surface area contributed by atoms with Gasteiger partial charge in [0, 0.05) is 43.3 Å². The predicted octanol–water partition coefficient (Wildman–Crippen LogP) is 3.27. The highest BCUT2D eigenvalue weighted by atomic mass is 32.1. The Morgan fingerprint density at radius 1 is 1.12 bits per heavy atom. The quantitative estimate of drug-likeness (QED) is 0.475. The van der Waals surface area contributed by atoms with Gasteiger partial charge in [-0.25, -0.2) is 4.68 Å². The maximum absolute atomic E-state index is 4.66. The second kappa shape index (κ2) is 9.77. The molecular weight excluding hydrogens is 342 g/mol. The molecule has 0 saturated heterocycles. The van der Waals surface area contributed by atoms with Gasteiger partial charge in [0.15, 0.2) is 5.96 Å². The standard InChI is InChI=1S/C20H25N5S/c1-2-21-20(23-14-11-19-5-3-16-26-19)22-13-10-17-6-8-18(9-7-17)25-15-4-12-24-25/h3-9,12,15-16H,2,10-11,13-14H2,1H3,(H2,21,22,23). The number of nitrogens with zero attached hydrogens (tertiary/aromatic N) is 3. The largest absolute Gasteiger partial charge is 0.357 e. The van der Waals surface area contributed by atoms with Crippen molar-refractivity contribution in [3.05, 3.63) is 70.7 Å². The highest BCUT2D eigenvalue weighted by Gasteiger charge is 2.00. The summed E-state index contributed by atoms with van der Waals surface area (Å²) in [6.07, 6.45) is 5.68. The number of thiophene rings is 1. The van der Waals surface area contributed by atoms with Crippen molar-refractivity contribution in [2.24, 2.45) is 4.99 Å². The van der Waals surface area contributed by atoms with E-state index in [2.05, 4.69) is 69.4 Å². The van der Waals surface area contributed by atoms with Gasteiger partial charge >= 0.3 is 0 Å². The highest BCUT2D eigenvalue weighted by Crippen LogP contribution is 2.09. The monoisotopic (exact) mass is 367 g/mol. The van der Waals surface area contributed by atoms with Crippen LogP contribution in [-0.2, 0) is 12.8 Å². The number of rotatable bonds is 8. The van der Waals surface area contributed by atoms with E-state index < -0.39 is 0 Å². The first-order valence-corrected chi connectivity index (χ1v) is 9.86. The first-order valence-electron chi connectivity index (χ1n) is 8.98. The van der Waals surface area contributed by atoms with E-state index in [9.17, 15) is 0 Å². The van der Waals surface area contributed by atoms with E-state index in [0.717, 1.165) is 44.1 Å². The number of aliphatic imine (C=N–C) groups is 1. The van der Waals surface area contributed by atoms with Crippen molar-refractivity contribution in [1.29, 1.82) is 0 Å². The van der Waals surface area contributed by atoms with Gasteiger partial charge in [0.25, 0.3) is 0 Å². The van der Waals surface area contributed by atoms with Crippen molar-refractivity contribution in [1.82, 2.24) is 20.4 Å². The lowest BCUT2D eigenvalue weighted by Gasteiger charge is -2.11. The molecule has 0 saturated carbocycles. The third-order valence-electron chi connectivity index (χ3n) is 3.96. The molecule has 2 aromatic heterocycles. The molecule has 0 aliphatic carbocycles. The Labute approximate surface area is 158 Å². The SMILES string of the molecule is CCNC(=NCCc1cccs1)NCCc1ccc(-n2cccn2)cc1.